The molecule has 0 radical (unpaired) electrons. The average molecular weight is 194 g/mol. The smallest absolute Gasteiger partial charge is 0.417 e. The molecular formula is C10H10O4. The highest BCUT2D eigenvalue weighted by molar-refractivity contribution is 6.29. The van der Waals surface area contributed by atoms with Crippen LogP contribution < -0.4 is 0 Å². The molecule has 1 aromatic carbocycles. The largest absolute Gasteiger partial charge is 0.461 e. The van der Waals surface area contributed by atoms with Crippen molar-refractivity contribution in [3.05, 3.63) is 35.9 Å². The van der Waals surface area contributed by atoms with Crippen molar-refractivity contribution in [3.63, 3.8) is 0 Å². The summed E-state index contributed by atoms with van der Waals surface area (Å²) in [5.74, 6) is -1.96. The number of hydrogen-bond donors (Lipinski definition) is 0. The summed E-state index contributed by atoms with van der Waals surface area (Å²) in [6, 6.07) is 9.09. The number of carbonyl (C=O) groups excluding carboxylic acids is 2. The van der Waals surface area contributed by atoms with Gasteiger partial charge in [0.15, 0.2) is 0 Å². The van der Waals surface area contributed by atoms with Gasteiger partial charge in [0.2, 0.25) is 0 Å². The number of benzene rings is 1. The lowest BCUT2D eigenvalue weighted by molar-refractivity contribution is -0.166. The van der Waals surface area contributed by atoms with Gasteiger partial charge in [-0.25, -0.2) is 9.59 Å². The van der Waals surface area contributed by atoms with Crippen LogP contribution in [-0.2, 0) is 25.7 Å². The lowest BCUT2D eigenvalue weighted by atomic mass is 10.2. The van der Waals surface area contributed by atoms with Gasteiger partial charge < -0.3 is 9.47 Å². The lowest BCUT2D eigenvalue weighted by Crippen LogP contribution is -2.18. The van der Waals surface area contributed by atoms with Gasteiger partial charge in [-0.15, -0.1) is 0 Å². The first-order valence-corrected chi connectivity index (χ1v) is 4.03. The van der Waals surface area contributed by atoms with Gasteiger partial charge in [-0.05, 0) is 5.56 Å². The summed E-state index contributed by atoms with van der Waals surface area (Å²) < 4.78 is 8.85. The van der Waals surface area contributed by atoms with E-state index < -0.39 is 11.9 Å². The summed E-state index contributed by atoms with van der Waals surface area (Å²) in [5.41, 5.74) is 0.824. The monoisotopic (exact) mass is 194 g/mol. The van der Waals surface area contributed by atoms with Crippen LogP contribution in [0.5, 0.6) is 0 Å². The molecule has 0 aliphatic rings. The molecule has 1 aromatic rings. The number of ether oxygens (including phenoxy) is 2. The van der Waals surface area contributed by atoms with E-state index in [9.17, 15) is 9.59 Å². The molecule has 4 nitrogen and oxygen atoms in total. The molecule has 0 bridgehead atoms. The molecule has 14 heavy (non-hydrogen) atoms. The van der Waals surface area contributed by atoms with Crippen molar-refractivity contribution in [2.24, 2.45) is 0 Å². The number of hydrogen-bond acceptors (Lipinski definition) is 4. The van der Waals surface area contributed by atoms with E-state index in [0.29, 0.717) is 0 Å². The topological polar surface area (TPSA) is 52.6 Å². The highest BCUT2D eigenvalue weighted by Gasteiger charge is 2.14. The summed E-state index contributed by atoms with van der Waals surface area (Å²) in [7, 11) is 1.13. The van der Waals surface area contributed by atoms with Crippen molar-refractivity contribution in [3.8, 4) is 0 Å². The Hall–Kier alpha value is -1.84. The third-order valence-corrected chi connectivity index (χ3v) is 1.56. The highest BCUT2D eigenvalue weighted by Crippen LogP contribution is 2.00. The van der Waals surface area contributed by atoms with E-state index in [0.717, 1.165) is 12.7 Å². The zero-order valence-corrected chi connectivity index (χ0v) is 7.73. The second-order valence-corrected chi connectivity index (χ2v) is 2.55. The Labute approximate surface area is 81.4 Å². The van der Waals surface area contributed by atoms with Crippen LogP contribution in [0.1, 0.15) is 5.56 Å². The number of esters is 2. The predicted molar refractivity (Wildman–Crippen MR) is 48.3 cm³/mol. The van der Waals surface area contributed by atoms with Gasteiger partial charge in [0.05, 0.1) is 7.11 Å². The molecule has 0 saturated carbocycles. The van der Waals surface area contributed by atoms with E-state index in [1.54, 1.807) is 12.1 Å². The standard InChI is InChI=1S/C10H10O4/c1-13-9(11)10(12)14-7-8-5-3-2-4-6-8/h2-6H,7H2,1H3. The number of carbonyl (C=O) groups is 2. The molecule has 0 aliphatic carbocycles. The summed E-state index contributed by atoms with van der Waals surface area (Å²) in [4.78, 5) is 21.5. The molecule has 0 N–H and O–H groups in total. The lowest BCUT2D eigenvalue weighted by Gasteiger charge is -2.02. The minimum absolute atomic E-state index is 0.0781. The van der Waals surface area contributed by atoms with Crippen LogP contribution in [0.2, 0.25) is 0 Å². The molecule has 0 aliphatic heterocycles. The molecule has 0 heterocycles. The van der Waals surface area contributed by atoms with Crippen molar-refractivity contribution in [1.82, 2.24) is 0 Å². The van der Waals surface area contributed by atoms with Gasteiger partial charge in [0, 0.05) is 0 Å². The summed E-state index contributed by atoms with van der Waals surface area (Å²) in [5, 5.41) is 0. The number of methoxy groups -OCH3 is 1. The molecule has 0 unspecified atom stereocenters. The summed E-state index contributed by atoms with van der Waals surface area (Å²) in [6.45, 7) is 0.0781. The molecule has 0 saturated heterocycles. The Balaban J connectivity index is 2.42. The van der Waals surface area contributed by atoms with Gasteiger partial charge >= 0.3 is 11.9 Å². The minimum atomic E-state index is -0.985. The van der Waals surface area contributed by atoms with Crippen LogP contribution in [0, 0.1) is 0 Å². The molecule has 0 atom stereocenters. The molecule has 4 heteroatoms. The molecule has 0 fully saturated rings. The Morgan fingerprint density at radius 3 is 2.36 bits per heavy atom. The van der Waals surface area contributed by atoms with E-state index in [4.69, 9.17) is 0 Å². The molecule has 74 valence electrons. The molecule has 1 rings (SSSR count). The van der Waals surface area contributed by atoms with Crippen LogP contribution in [0.3, 0.4) is 0 Å². The maximum Gasteiger partial charge on any atom is 0.417 e. The van der Waals surface area contributed by atoms with Crippen molar-refractivity contribution in [1.29, 1.82) is 0 Å². The maximum atomic E-state index is 10.9. The van der Waals surface area contributed by atoms with Crippen LogP contribution in [0.15, 0.2) is 30.3 Å². The first kappa shape index (κ1) is 10.2. The predicted octanol–water partition coefficient (Wildman–Crippen LogP) is 0.903. The zero-order chi connectivity index (χ0) is 10.4. The molecule has 0 aromatic heterocycles. The van der Waals surface area contributed by atoms with Gasteiger partial charge in [-0.1, -0.05) is 30.3 Å². The van der Waals surface area contributed by atoms with Crippen molar-refractivity contribution in [2.45, 2.75) is 6.61 Å². The Bertz CT molecular complexity index is 318. The van der Waals surface area contributed by atoms with Crippen LogP contribution >= 0.6 is 0 Å². The van der Waals surface area contributed by atoms with Crippen LogP contribution in [0.4, 0.5) is 0 Å². The Morgan fingerprint density at radius 2 is 1.79 bits per heavy atom. The summed E-state index contributed by atoms with van der Waals surface area (Å²) >= 11 is 0. The van der Waals surface area contributed by atoms with E-state index in [2.05, 4.69) is 9.47 Å². The van der Waals surface area contributed by atoms with Crippen LogP contribution in [-0.4, -0.2) is 19.0 Å². The fourth-order valence-electron chi connectivity index (χ4n) is 0.865. The fraction of sp³-hybridized carbons (Fsp3) is 0.200. The second kappa shape index (κ2) is 5.01. The third-order valence-electron chi connectivity index (χ3n) is 1.56. The number of rotatable bonds is 2. The second-order valence-electron chi connectivity index (χ2n) is 2.55. The van der Waals surface area contributed by atoms with Gasteiger partial charge in [-0.2, -0.15) is 0 Å². The van der Waals surface area contributed by atoms with Crippen molar-refractivity contribution < 1.29 is 19.1 Å². The minimum Gasteiger partial charge on any atom is -0.461 e. The fourth-order valence-corrected chi connectivity index (χ4v) is 0.865. The van der Waals surface area contributed by atoms with Gasteiger partial charge in [0.25, 0.3) is 0 Å². The van der Waals surface area contributed by atoms with Crippen molar-refractivity contribution in [2.75, 3.05) is 7.11 Å². The zero-order valence-electron chi connectivity index (χ0n) is 7.73. The summed E-state index contributed by atoms with van der Waals surface area (Å²) in [6.07, 6.45) is 0. The molecule has 0 spiro atoms. The Kier molecular flexibility index (Phi) is 3.67. The van der Waals surface area contributed by atoms with E-state index in [1.807, 2.05) is 18.2 Å². The van der Waals surface area contributed by atoms with E-state index >= 15 is 0 Å². The highest BCUT2D eigenvalue weighted by atomic mass is 16.6. The molecular weight excluding hydrogens is 184 g/mol. The normalized spacial score (nSPS) is 9.21. The van der Waals surface area contributed by atoms with Crippen molar-refractivity contribution >= 4 is 11.9 Å². The van der Waals surface area contributed by atoms with E-state index in [1.165, 1.54) is 0 Å². The first-order chi connectivity index (χ1) is 6.74. The Morgan fingerprint density at radius 1 is 1.14 bits per heavy atom. The average Bonchev–Trinajstić information content (AvgIpc) is 2.26. The van der Waals surface area contributed by atoms with Gasteiger partial charge in [-0.3, -0.25) is 0 Å². The quantitative estimate of drug-likeness (QED) is 0.518. The SMILES string of the molecule is COC(=O)C(=O)OCc1ccccc1. The van der Waals surface area contributed by atoms with Crippen LogP contribution in [0.25, 0.3) is 0 Å². The van der Waals surface area contributed by atoms with Gasteiger partial charge in [0.1, 0.15) is 6.61 Å². The van der Waals surface area contributed by atoms with E-state index in [-0.39, 0.29) is 6.61 Å². The first-order valence-electron chi connectivity index (χ1n) is 4.03. The maximum absolute atomic E-state index is 10.9. The molecule has 0 amide bonds. The third kappa shape index (κ3) is 2.90.